The van der Waals surface area contributed by atoms with Gasteiger partial charge in [-0.3, -0.25) is 0 Å². The van der Waals surface area contributed by atoms with E-state index in [0.29, 0.717) is 27.2 Å². The second kappa shape index (κ2) is 5.19. The molecule has 0 amide bonds. The molecule has 21 heavy (non-hydrogen) atoms. The van der Waals surface area contributed by atoms with Gasteiger partial charge < -0.3 is 5.11 Å². The Balaban J connectivity index is 2.41. The van der Waals surface area contributed by atoms with E-state index < -0.39 is 5.97 Å². The maximum atomic E-state index is 11.7. The molecule has 0 atom stereocenters. The quantitative estimate of drug-likeness (QED) is 0.754. The molecule has 4 heteroatoms. The minimum absolute atomic E-state index is 0.251. The molecule has 2 aromatic carbocycles. The summed E-state index contributed by atoms with van der Waals surface area (Å²) in [4.78, 5) is 16.3. The lowest BCUT2D eigenvalue weighted by atomic mass is 9.98. The number of hydrogen-bond acceptors (Lipinski definition) is 2. The van der Waals surface area contributed by atoms with Crippen LogP contribution in [0.3, 0.4) is 0 Å². The van der Waals surface area contributed by atoms with E-state index in [9.17, 15) is 9.90 Å². The highest BCUT2D eigenvalue weighted by Crippen LogP contribution is 2.30. The number of halogens is 1. The van der Waals surface area contributed by atoms with Crippen molar-refractivity contribution in [3.8, 4) is 11.3 Å². The monoisotopic (exact) mass is 297 g/mol. The first-order valence-corrected chi connectivity index (χ1v) is 6.84. The fourth-order valence-electron chi connectivity index (χ4n) is 2.48. The number of aromatic nitrogens is 1. The molecule has 1 aromatic heterocycles. The maximum absolute atomic E-state index is 11.7. The molecule has 0 fully saturated rings. The van der Waals surface area contributed by atoms with Gasteiger partial charge in [0.05, 0.1) is 16.8 Å². The number of benzene rings is 2. The van der Waals surface area contributed by atoms with Crippen LogP contribution in [-0.4, -0.2) is 16.1 Å². The molecule has 0 radical (unpaired) electrons. The van der Waals surface area contributed by atoms with Crippen molar-refractivity contribution in [3.05, 3.63) is 64.7 Å². The molecule has 0 saturated carbocycles. The molecule has 1 N–H and O–H groups in total. The molecule has 104 valence electrons. The Hall–Kier alpha value is -2.39. The van der Waals surface area contributed by atoms with Gasteiger partial charge in [-0.05, 0) is 30.7 Å². The van der Waals surface area contributed by atoms with Crippen molar-refractivity contribution in [3.63, 3.8) is 0 Å². The van der Waals surface area contributed by atoms with E-state index in [1.54, 1.807) is 25.1 Å². The van der Waals surface area contributed by atoms with Crippen LogP contribution in [0.5, 0.6) is 0 Å². The molecular formula is C17H12ClNO2. The number of aromatic carboxylic acids is 1. The lowest BCUT2D eigenvalue weighted by Crippen LogP contribution is -2.04. The van der Waals surface area contributed by atoms with Crippen molar-refractivity contribution < 1.29 is 9.90 Å². The van der Waals surface area contributed by atoms with Gasteiger partial charge in [0, 0.05) is 16.0 Å². The van der Waals surface area contributed by atoms with Gasteiger partial charge in [-0.2, -0.15) is 0 Å². The number of carboxylic acid groups (broad SMARTS) is 1. The Morgan fingerprint density at radius 3 is 2.52 bits per heavy atom. The summed E-state index contributed by atoms with van der Waals surface area (Å²) in [7, 11) is 0. The highest BCUT2D eigenvalue weighted by molar-refractivity contribution is 6.31. The maximum Gasteiger partial charge on any atom is 0.336 e. The normalized spacial score (nSPS) is 10.8. The Bertz CT molecular complexity index is 844. The lowest BCUT2D eigenvalue weighted by molar-refractivity contribution is 0.0698. The first kappa shape index (κ1) is 13.6. The van der Waals surface area contributed by atoms with E-state index in [2.05, 4.69) is 4.98 Å². The molecule has 3 aromatic rings. The Morgan fingerprint density at radius 2 is 1.86 bits per heavy atom. The minimum Gasteiger partial charge on any atom is -0.478 e. The van der Waals surface area contributed by atoms with Gasteiger partial charge >= 0.3 is 5.97 Å². The Kier molecular flexibility index (Phi) is 3.35. The van der Waals surface area contributed by atoms with Gasteiger partial charge in [-0.25, -0.2) is 9.78 Å². The molecule has 0 bridgehead atoms. The van der Waals surface area contributed by atoms with Crippen LogP contribution in [0.15, 0.2) is 48.5 Å². The SMILES string of the molecule is Cc1c(-c2ccccc2)nc2ccc(Cl)cc2c1C(=O)O. The second-order valence-electron chi connectivity index (χ2n) is 4.79. The smallest absolute Gasteiger partial charge is 0.336 e. The van der Waals surface area contributed by atoms with Crippen LogP contribution in [0.2, 0.25) is 5.02 Å². The van der Waals surface area contributed by atoms with Gasteiger partial charge in [-0.1, -0.05) is 41.9 Å². The van der Waals surface area contributed by atoms with Crippen LogP contribution >= 0.6 is 11.6 Å². The topological polar surface area (TPSA) is 50.2 Å². The van der Waals surface area contributed by atoms with Crippen LogP contribution < -0.4 is 0 Å². The summed E-state index contributed by atoms with van der Waals surface area (Å²) in [6, 6.07) is 14.7. The van der Waals surface area contributed by atoms with Gasteiger partial charge in [-0.15, -0.1) is 0 Å². The van der Waals surface area contributed by atoms with Gasteiger partial charge in [0.25, 0.3) is 0 Å². The average Bonchev–Trinajstić information content (AvgIpc) is 2.47. The molecule has 3 rings (SSSR count). The van der Waals surface area contributed by atoms with Gasteiger partial charge in [0.15, 0.2) is 0 Å². The van der Waals surface area contributed by atoms with E-state index in [4.69, 9.17) is 11.6 Å². The minimum atomic E-state index is -0.973. The molecule has 0 saturated heterocycles. The highest BCUT2D eigenvalue weighted by Gasteiger charge is 2.18. The van der Waals surface area contributed by atoms with Crippen molar-refractivity contribution in [1.29, 1.82) is 0 Å². The van der Waals surface area contributed by atoms with E-state index in [0.717, 1.165) is 5.56 Å². The van der Waals surface area contributed by atoms with Crippen LogP contribution in [0, 0.1) is 6.92 Å². The number of fused-ring (bicyclic) bond motifs is 1. The molecule has 1 heterocycles. The summed E-state index contributed by atoms with van der Waals surface area (Å²) < 4.78 is 0. The first-order chi connectivity index (χ1) is 10.1. The number of rotatable bonds is 2. The first-order valence-electron chi connectivity index (χ1n) is 6.46. The third-order valence-electron chi connectivity index (χ3n) is 3.45. The van der Waals surface area contributed by atoms with Crippen LogP contribution in [0.4, 0.5) is 0 Å². The standard InChI is InChI=1S/C17H12ClNO2/c1-10-15(17(20)21)13-9-12(18)7-8-14(13)19-16(10)11-5-3-2-4-6-11/h2-9H,1H3,(H,20,21). The van der Waals surface area contributed by atoms with Crippen molar-refractivity contribution in [1.82, 2.24) is 4.98 Å². The summed E-state index contributed by atoms with van der Waals surface area (Å²) in [5, 5.41) is 10.6. The molecule has 3 nitrogen and oxygen atoms in total. The zero-order chi connectivity index (χ0) is 15.0. The molecule has 0 aliphatic rings. The number of nitrogens with zero attached hydrogens (tertiary/aromatic N) is 1. The van der Waals surface area contributed by atoms with E-state index in [-0.39, 0.29) is 5.56 Å². The molecule has 0 spiro atoms. The summed E-state index contributed by atoms with van der Waals surface area (Å²) in [6.07, 6.45) is 0. The molecule has 0 unspecified atom stereocenters. The fourth-order valence-corrected chi connectivity index (χ4v) is 2.66. The molecular weight excluding hydrogens is 286 g/mol. The van der Waals surface area contributed by atoms with Crippen LogP contribution in [-0.2, 0) is 0 Å². The summed E-state index contributed by atoms with van der Waals surface area (Å²) in [6.45, 7) is 1.78. The predicted octanol–water partition coefficient (Wildman–Crippen LogP) is 4.56. The third kappa shape index (κ3) is 2.36. The highest BCUT2D eigenvalue weighted by atomic mass is 35.5. The number of hydrogen-bond donors (Lipinski definition) is 1. The van der Waals surface area contributed by atoms with Crippen LogP contribution in [0.1, 0.15) is 15.9 Å². The van der Waals surface area contributed by atoms with E-state index in [1.807, 2.05) is 30.3 Å². The second-order valence-corrected chi connectivity index (χ2v) is 5.23. The van der Waals surface area contributed by atoms with E-state index >= 15 is 0 Å². The number of carbonyl (C=O) groups is 1. The largest absolute Gasteiger partial charge is 0.478 e. The fraction of sp³-hybridized carbons (Fsp3) is 0.0588. The molecule has 0 aliphatic carbocycles. The van der Waals surface area contributed by atoms with Crippen molar-refractivity contribution in [2.45, 2.75) is 6.92 Å². The van der Waals surface area contributed by atoms with E-state index in [1.165, 1.54) is 0 Å². The van der Waals surface area contributed by atoms with Gasteiger partial charge in [0.1, 0.15) is 0 Å². The third-order valence-corrected chi connectivity index (χ3v) is 3.69. The summed E-state index contributed by atoms with van der Waals surface area (Å²) >= 11 is 5.98. The molecule has 0 aliphatic heterocycles. The van der Waals surface area contributed by atoms with Crippen molar-refractivity contribution in [2.75, 3.05) is 0 Å². The zero-order valence-corrected chi connectivity index (χ0v) is 12.1. The Morgan fingerprint density at radius 1 is 1.14 bits per heavy atom. The van der Waals surface area contributed by atoms with Crippen molar-refractivity contribution in [2.24, 2.45) is 0 Å². The summed E-state index contributed by atoms with van der Waals surface area (Å²) in [5.41, 5.74) is 3.10. The number of carboxylic acids is 1. The zero-order valence-electron chi connectivity index (χ0n) is 11.3. The number of pyridine rings is 1. The van der Waals surface area contributed by atoms with Crippen LogP contribution in [0.25, 0.3) is 22.2 Å². The predicted molar refractivity (Wildman–Crippen MR) is 83.9 cm³/mol. The van der Waals surface area contributed by atoms with Gasteiger partial charge in [0.2, 0.25) is 0 Å². The lowest BCUT2D eigenvalue weighted by Gasteiger charge is -2.12. The van der Waals surface area contributed by atoms with Crippen molar-refractivity contribution >= 4 is 28.5 Å². The average molecular weight is 298 g/mol. The summed E-state index contributed by atoms with van der Waals surface area (Å²) in [5.74, 6) is -0.973. The Labute approximate surface area is 126 Å².